The molecule has 35 heavy (non-hydrogen) atoms. The Hall–Kier alpha value is -4.34. The fraction of sp³-hybridized carbons (Fsp3) is 0.174. The van der Waals surface area contributed by atoms with Crippen LogP contribution in [0, 0.1) is 16.5 Å². The molecule has 1 N–H and O–H groups in total. The predicted molar refractivity (Wildman–Crippen MR) is 123 cm³/mol. The largest absolute Gasteiger partial charge is 0.488 e. The Kier molecular flexibility index (Phi) is 7.30. The van der Waals surface area contributed by atoms with Crippen LogP contribution < -0.4 is 14.8 Å². The van der Waals surface area contributed by atoms with Gasteiger partial charge in [0.2, 0.25) is 5.89 Å². The van der Waals surface area contributed by atoms with Gasteiger partial charge in [-0.15, -0.1) is 5.10 Å². The molecule has 178 valence electrons. The number of aromatic nitrogens is 3. The van der Waals surface area contributed by atoms with E-state index in [2.05, 4.69) is 20.5 Å². The molecule has 10 nitrogen and oxygen atoms in total. The molecule has 0 unspecified atom stereocenters. The van der Waals surface area contributed by atoms with Gasteiger partial charge in [0, 0.05) is 24.3 Å². The molecule has 0 bridgehead atoms. The second-order valence-electron chi connectivity index (χ2n) is 7.15. The summed E-state index contributed by atoms with van der Waals surface area (Å²) in [6.07, 6.45) is 0.728. The third-order valence-electron chi connectivity index (χ3n) is 4.42. The Morgan fingerprint density at radius 1 is 1.23 bits per heavy atom. The average Bonchev–Trinajstić information content (AvgIpc) is 3.48. The number of ether oxygens (including phenoxy) is 3. The van der Waals surface area contributed by atoms with E-state index in [9.17, 15) is 9.18 Å². The molecule has 0 saturated carbocycles. The topological polar surface area (TPSA) is 132 Å². The minimum absolute atomic E-state index is 0.123. The number of methoxy groups -OCH3 is 1. The minimum atomic E-state index is -0.516. The number of amides is 1. The summed E-state index contributed by atoms with van der Waals surface area (Å²) >= 11 is 0.713. The van der Waals surface area contributed by atoms with E-state index in [-0.39, 0.29) is 28.6 Å². The summed E-state index contributed by atoms with van der Waals surface area (Å²) in [6.45, 7) is 2.15. The molecule has 4 aromatic rings. The van der Waals surface area contributed by atoms with Crippen molar-refractivity contribution in [3.05, 3.63) is 65.2 Å². The molecule has 0 fully saturated rings. The van der Waals surface area contributed by atoms with Crippen LogP contribution in [-0.4, -0.2) is 40.9 Å². The molecule has 12 heteroatoms. The molecule has 2 aromatic heterocycles. The number of benzene rings is 2. The first-order chi connectivity index (χ1) is 16.9. The molecule has 0 spiro atoms. The van der Waals surface area contributed by atoms with E-state index in [4.69, 9.17) is 23.9 Å². The highest BCUT2D eigenvalue weighted by Crippen LogP contribution is 2.31. The van der Waals surface area contributed by atoms with Crippen LogP contribution in [0.2, 0.25) is 0 Å². The molecule has 0 aliphatic rings. The number of rotatable bonds is 9. The van der Waals surface area contributed by atoms with Gasteiger partial charge in [-0.1, -0.05) is 22.5 Å². The first kappa shape index (κ1) is 23.8. The van der Waals surface area contributed by atoms with E-state index >= 15 is 0 Å². The summed E-state index contributed by atoms with van der Waals surface area (Å²) in [6, 6.07) is 13.2. The van der Waals surface area contributed by atoms with Crippen molar-refractivity contribution in [1.29, 1.82) is 5.26 Å². The van der Waals surface area contributed by atoms with Gasteiger partial charge < -0.3 is 18.6 Å². The Morgan fingerprint density at radius 2 is 2.06 bits per heavy atom. The Bertz CT molecular complexity index is 1380. The highest BCUT2D eigenvalue weighted by Gasteiger charge is 2.15. The van der Waals surface area contributed by atoms with Crippen molar-refractivity contribution in [3.63, 3.8) is 0 Å². The van der Waals surface area contributed by atoms with Gasteiger partial charge in [-0.25, -0.2) is 4.98 Å². The maximum atomic E-state index is 13.3. The van der Waals surface area contributed by atoms with E-state index in [1.54, 1.807) is 43.5 Å². The monoisotopic (exact) mass is 495 g/mol. The molecule has 0 saturated heterocycles. The maximum Gasteiger partial charge on any atom is 0.321 e. The van der Waals surface area contributed by atoms with Crippen LogP contribution in [0.15, 0.2) is 53.1 Å². The lowest BCUT2D eigenvalue weighted by Gasteiger charge is -2.16. The molecular formula is C23H18FN5O5S. The Labute approximate surface area is 202 Å². The third kappa shape index (κ3) is 6.17. The first-order valence-corrected chi connectivity index (χ1v) is 11.0. The van der Waals surface area contributed by atoms with Crippen LogP contribution in [0.3, 0.4) is 0 Å². The van der Waals surface area contributed by atoms with E-state index in [1.165, 1.54) is 12.1 Å². The summed E-state index contributed by atoms with van der Waals surface area (Å²) in [5, 5.41) is 18.5. The molecular weight excluding hydrogens is 477 g/mol. The molecule has 2 aromatic carbocycles. The summed E-state index contributed by atoms with van der Waals surface area (Å²) in [5.41, 5.74) is 0.755. The Morgan fingerprint density at radius 3 is 2.77 bits per heavy atom. The number of carbonyl (C=O) groups is 1. The standard InChI is InChI=1S/C23H18FN5O5S/c1-13(12-31-2)32-17-7-15(21(30)27-23-26-11-19(24)35-23)8-18(9-17)33-16-5-3-4-14(6-16)22-29-28-20(10-25)34-22/h3-9,11,13H,12H2,1-2H3,(H,26,27,30)/t13-/m1/s1. The predicted octanol–water partition coefficient (Wildman–Crippen LogP) is 4.66. The maximum absolute atomic E-state index is 13.3. The normalized spacial score (nSPS) is 11.5. The molecule has 1 amide bonds. The lowest BCUT2D eigenvalue weighted by Crippen LogP contribution is -2.18. The lowest BCUT2D eigenvalue weighted by molar-refractivity contribution is 0.0916. The van der Waals surface area contributed by atoms with E-state index in [0.29, 0.717) is 40.8 Å². The number of nitrogens with one attached hydrogen (secondary N) is 1. The molecule has 0 aliphatic carbocycles. The quantitative estimate of drug-likeness (QED) is 0.352. The molecule has 0 aliphatic heterocycles. The van der Waals surface area contributed by atoms with Crippen molar-refractivity contribution in [2.75, 3.05) is 19.0 Å². The number of hydrogen-bond donors (Lipinski definition) is 1. The van der Waals surface area contributed by atoms with Gasteiger partial charge in [-0.3, -0.25) is 10.1 Å². The van der Waals surface area contributed by atoms with Gasteiger partial charge in [0.05, 0.1) is 12.8 Å². The second-order valence-corrected chi connectivity index (χ2v) is 8.14. The number of carbonyl (C=O) groups excluding carboxylic acids is 1. The van der Waals surface area contributed by atoms with Crippen molar-refractivity contribution in [2.45, 2.75) is 13.0 Å². The van der Waals surface area contributed by atoms with Crippen LogP contribution in [0.5, 0.6) is 17.2 Å². The minimum Gasteiger partial charge on any atom is -0.488 e. The summed E-state index contributed by atoms with van der Waals surface area (Å²) in [4.78, 5) is 16.6. The fourth-order valence-corrected chi connectivity index (χ4v) is 3.57. The van der Waals surface area contributed by atoms with Gasteiger partial charge in [0.15, 0.2) is 16.3 Å². The zero-order valence-corrected chi connectivity index (χ0v) is 19.3. The van der Waals surface area contributed by atoms with Gasteiger partial charge in [-0.05, 0) is 37.3 Å². The summed E-state index contributed by atoms with van der Waals surface area (Å²) in [5.74, 6) is 0.579. The average molecular weight is 495 g/mol. The van der Waals surface area contributed by atoms with Gasteiger partial charge >= 0.3 is 5.89 Å². The van der Waals surface area contributed by atoms with Crippen LogP contribution in [0.1, 0.15) is 23.2 Å². The summed E-state index contributed by atoms with van der Waals surface area (Å²) < 4.78 is 35.5. The van der Waals surface area contributed by atoms with Crippen LogP contribution in [-0.2, 0) is 4.74 Å². The smallest absolute Gasteiger partial charge is 0.321 e. The van der Waals surface area contributed by atoms with E-state index in [1.807, 2.05) is 6.92 Å². The Balaban J connectivity index is 1.61. The fourth-order valence-electron chi connectivity index (χ4n) is 3.03. The van der Waals surface area contributed by atoms with Crippen molar-refractivity contribution in [1.82, 2.24) is 15.2 Å². The highest BCUT2D eigenvalue weighted by atomic mass is 32.1. The van der Waals surface area contributed by atoms with Gasteiger partial charge in [0.25, 0.3) is 5.91 Å². The molecule has 4 rings (SSSR count). The molecule has 0 radical (unpaired) electrons. The highest BCUT2D eigenvalue weighted by molar-refractivity contribution is 7.14. The number of thiazole rings is 1. The first-order valence-electron chi connectivity index (χ1n) is 10.2. The zero-order valence-electron chi connectivity index (χ0n) is 18.5. The zero-order chi connectivity index (χ0) is 24.8. The van der Waals surface area contributed by atoms with Crippen LogP contribution >= 0.6 is 11.3 Å². The van der Waals surface area contributed by atoms with Gasteiger partial charge in [0.1, 0.15) is 23.4 Å². The van der Waals surface area contributed by atoms with E-state index < -0.39 is 11.0 Å². The number of nitrogens with zero attached hydrogens (tertiary/aromatic N) is 4. The third-order valence-corrected chi connectivity index (χ3v) is 5.12. The second kappa shape index (κ2) is 10.7. The van der Waals surface area contributed by atoms with Crippen molar-refractivity contribution < 1.29 is 27.8 Å². The van der Waals surface area contributed by atoms with Crippen molar-refractivity contribution in [3.8, 4) is 34.8 Å². The lowest BCUT2D eigenvalue weighted by atomic mass is 10.1. The number of hydrogen-bond acceptors (Lipinski definition) is 10. The van der Waals surface area contributed by atoms with E-state index in [0.717, 1.165) is 6.20 Å². The number of halogens is 1. The number of anilines is 1. The molecule has 1 atom stereocenters. The summed E-state index contributed by atoms with van der Waals surface area (Å²) in [7, 11) is 1.56. The SMILES string of the molecule is COC[C@@H](C)Oc1cc(Oc2cccc(-c3nnc(C#N)o3)c2)cc(C(=O)Nc2ncc(F)s2)c1. The number of nitriles is 1. The van der Waals surface area contributed by atoms with Crippen molar-refractivity contribution >= 4 is 22.4 Å². The van der Waals surface area contributed by atoms with Crippen LogP contribution in [0.4, 0.5) is 9.52 Å². The van der Waals surface area contributed by atoms with Gasteiger partial charge in [-0.2, -0.15) is 9.65 Å². The molecule has 2 heterocycles. The van der Waals surface area contributed by atoms with Crippen LogP contribution in [0.25, 0.3) is 11.5 Å². The van der Waals surface area contributed by atoms with Crippen molar-refractivity contribution in [2.24, 2.45) is 0 Å².